The van der Waals surface area contributed by atoms with Crippen molar-refractivity contribution in [3.8, 4) is 17.1 Å². The highest BCUT2D eigenvalue weighted by Crippen LogP contribution is 2.59. The van der Waals surface area contributed by atoms with Crippen LogP contribution in [0.15, 0.2) is 107 Å². The molecule has 2 bridgehead atoms. The van der Waals surface area contributed by atoms with Crippen LogP contribution in [0.5, 0.6) is 5.75 Å². The fourth-order valence-corrected chi connectivity index (χ4v) is 9.98. The molecule has 1 saturated carbocycles. The first-order chi connectivity index (χ1) is 29.6. The molecule has 1 amide bonds. The van der Waals surface area contributed by atoms with Gasteiger partial charge in [-0.1, -0.05) is 72.6 Å². The summed E-state index contributed by atoms with van der Waals surface area (Å²) in [6, 6.07) is 24.6. The zero-order valence-corrected chi connectivity index (χ0v) is 35.6. The lowest BCUT2D eigenvalue weighted by Gasteiger charge is -2.46. The van der Waals surface area contributed by atoms with E-state index >= 15 is 0 Å². The van der Waals surface area contributed by atoms with Crippen LogP contribution in [0.2, 0.25) is 5.02 Å². The lowest BCUT2D eigenvalue weighted by atomic mass is 9.64. The van der Waals surface area contributed by atoms with Crippen molar-refractivity contribution in [3.05, 3.63) is 136 Å². The quantitative estimate of drug-likeness (QED) is 0.118. The standard InChI is InChI=1S/C50H51ClF3NO7/c1-31-7-5-22-48(2)42(21-23-49(48,59)30-55(29-38-10-6-24-60-38)47(58)61-37-16-13-33-8-3-4-9-34(33)27-37)39-17-12-32(25-36(56)15-11-31)26-40(39)46(57)45-20-19-44(62-45)41-28-35(50(52,53)54)14-18-43(41)51/h3-4,7-9,12-14,16-20,26-28,36,38,42,56,59H,5-6,10-11,15,21-25,29-30H2,1-2H3/t36-,38+,42-,48-,49+/m0/s1. The second kappa shape index (κ2) is 17.7. The second-order valence-corrected chi connectivity index (χ2v) is 17.9. The Bertz CT molecular complexity index is 2490. The van der Waals surface area contributed by atoms with Crippen molar-refractivity contribution in [2.75, 3.05) is 19.7 Å². The second-order valence-electron chi connectivity index (χ2n) is 17.5. The number of aliphatic hydroxyl groups excluding tert-OH is 1. The highest BCUT2D eigenvalue weighted by molar-refractivity contribution is 6.33. The fourth-order valence-electron chi connectivity index (χ4n) is 9.77. The molecule has 4 aliphatic rings. The molecule has 5 aromatic rings. The van der Waals surface area contributed by atoms with Gasteiger partial charge in [0.1, 0.15) is 11.5 Å². The largest absolute Gasteiger partial charge is 0.453 e. The van der Waals surface area contributed by atoms with Gasteiger partial charge in [-0.25, -0.2) is 4.79 Å². The van der Waals surface area contributed by atoms with E-state index in [0.29, 0.717) is 68.4 Å². The SMILES string of the molecule is CC1=CCC[C@@]2(C)[C@@H](CC[C@@]2(O)CN(C[C@H]2CCCO2)C(=O)Oc2ccc3ccccc3c2)c2ccc(cc2C(=O)c2ccc(-c3cc(C(F)(F)F)ccc3Cl)o2)C[C@@H](O)CC1. The molecule has 0 radical (unpaired) electrons. The first-order valence-corrected chi connectivity index (χ1v) is 21.8. The van der Waals surface area contributed by atoms with Crippen LogP contribution in [0.4, 0.5) is 18.0 Å². The molecule has 1 aromatic heterocycles. The lowest BCUT2D eigenvalue weighted by molar-refractivity contribution is -0.137. The number of amides is 1. The maximum absolute atomic E-state index is 14.7. The van der Waals surface area contributed by atoms with Gasteiger partial charge in [0.2, 0.25) is 5.78 Å². The van der Waals surface area contributed by atoms with E-state index in [1.807, 2.05) is 62.4 Å². The number of benzene rings is 4. The molecule has 62 heavy (non-hydrogen) atoms. The Morgan fingerprint density at radius 1 is 0.952 bits per heavy atom. The van der Waals surface area contributed by atoms with E-state index in [-0.39, 0.29) is 47.2 Å². The van der Waals surface area contributed by atoms with E-state index in [9.17, 15) is 33.0 Å². The van der Waals surface area contributed by atoms with Gasteiger partial charge in [0.05, 0.1) is 41.5 Å². The number of ketones is 1. The molecule has 2 fully saturated rings. The molecule has 8 nitrogen and oxygen atoms in total. The summed E-state index contributed by atoms with van der Waals surface area (Å²) in [5.74, 6) is -0.581. The maximum Gasteiger partial charge on any atom is 0.416 e. The number of carbonyl (C=O) groups excluding carboxylic acids is 2. The molecule has 3 aliphatic carbocycles. The molecule has 2 N–H and O–H groups in total. The van der Waals surface area contributed by atoms with Crippen LogP contribution >= 0.6 is 11.6 Å². The van der Waals surface area contributed by atoms with Crippen LogP contribution in [0.1, 0.15) is 104 Å². The summed E-state index contributed by atoms with van der Waals surface area (Å²) in [6.07, 6.45) is 1.05. The Hall–Kier alpha value is -4.94. The van der Waals surface area contributed by atoms with Gasteiger partial charge < -0.3 is 29.0 Å². The van der Waals surface area contributed by atoms with Gasteiger partial charge in [-0.3, -0.25) is 4.79 Å². The number of alkyl halides is 3. The summed E-state index contributed by atoms with van der Waals surface area (Å²) in [6.45, 7) is 4.85. The van der Waals surface area contributed by atoms with Crippen molar-refractivity contribution in [2.45, 2.75) is 102 Å². The third kappa shape index (κ3) is 9.09. The van der Waals surface area contributed by atoms with Gasteiger partial charge in [0.15, 0.2) is 5.76 Å². The Morgan fingerprint density at radius 3 is 2.53 bits per heavy atom. The minimum Gasteiger partial charge on any atom is -0.453 e. The molecule has 4 aromatic carbocycles. The average molecular weight is 870 g/mol. The van der Waals surface area contributed by atoms with E-state index in [2.05, 4.69) is 6.08 Å². The fraction of sp³-hybridized carbons (Fsp3) is 0.400. The van der Waals surface area contributed by atoms with E-state index in [0.717, 1.165) is 52.9 Å². The average Bonchev–Trinajstić information content (AvgIpc) is 4.00. The summed E-state index contributed by atoms with van der Waals surface area (Å²) in [7, 11) is 0. The lowest BCUT2D eigenvalue weighted by Crippen LogP contribution is -2.55. The molecule has 0 unspecified atom stereocenters. The number of ether oxygens (including phenoxy) is 2. The van der Waals surface area contributed by atoms with Crippen LogP contribution < -0.4 is 4.74 Å². The Labute approximate surface area is 364 Å². The summed E-state index contributed by atoms with van der Waals surface area (Å²) in [5, 5.41) is 26.2. The highest BCUT2D eigenvalue weighted by atomic mass is 35.5. The molecule has 1 aliphatic heterocycles. The summed E-state index contributed by atoms with van der Waals surface area (Å²) < 4.78 is 59.1. The Morgan fingerprint density at radius 2 is 1.76 bits per heavy atom. The van der Waals surface area contributed by atoms with E-state index in [1.54, 1.807) is 17.0 Å². The van der Waals surface area contributed by atoms with Crippen molar-refractivity contribution in [3.63, 3.8) is 0 Å². The molecule has 5 atom stereocenters. The van der Waals surface area contributed by atoms with Gasteiger partial charge in [-0.15, -0.1) is 0 Å². The van der Waals surface area contributed by atoms with Crippen molar-refractivity contribution >= 4 is 34.2 Å². The van der Waals surface area contributed by atoms with Crippen LogP contribution in [0, 0.1) is 5.41 Å². The Balaban J connectivity index is 1.16. The number of furan rings is 1. The first-order valence-electron chi connectivity index (χ1n) is 21.4. The van der Waals surface area contributed by atoms with Gasteiger partial charge in [0, 0.05) is 23.1 Å². The normalized spacial score (nSPS) is 24.4. The van der Waals surface area contributed by atoms with Crippen molar-refractivity contribution in [2.24, 2.45) is 5.41 Å². The van der Waals surface area contributed by atoms with Gasteiger partial charge in [0.25, 0.3) is 0 Å². The first kappa shape index (κ1) is 43.7. The molecule has 1 saturated heterocycles. The van der Waals surface area contributed by atoms with E-state index in [1.165, 1.54) is 12.1 Å². The summed E-state index contributed by atoms with van der Waals surface area (Å²) in [4.78, 5) is 30.5. The van der Waals surface area contributed by atoms with Crippen LogP contribution in [0.25, 0.3) is 22.1 Å². The highest BCUT2D eigenvalue weighted by Gasteiger charge is 2.58. The van der Waals surface area contributed by atoms with Gasteiger partial charge >= 0.3 is 12.3 Å². The zero-order valence-electron chi connectivity index (χ0n) is 34.8. The summed E-state index contributed by atoms with van der Waals surface area (Å²) in [5.41, 5.74) is -0.406. The smallest absolute Gasteiger partial charge is 0.416 e. The molecule has 0 spiro atoms. The predicted octanol–water partition coefficient (Wildman–Crippen LogP) is 11.7. The molecule has 326 valence electrons. The topological polar surface area (TPSA) is 109 Å². The molecule has 12 heteroatoms. The minimum atomic E-state index is -4.62. The van der Waals surface area contributed by atoms with E-state index < -0.39 is 40.7 Å². The molecule has 9 rings (SSSR count). The third-order valence-electron chi connectivity index (χ3n) is 13.4. The van der Waals surface area contributed by atoms with Crippen LogP contribution in [-0.4, -0.2) is 64.5 Å². The number of aliphatic hydroxyl groups is 2. The van der Waals surface area contributed by atoms with Crippen LogP contribution in [-0.2, 0) is 17.3 Å². The monoisotopic (exact) mass is 869 g/mol. The Kier molecular flexibility index (Phi) is 12.5. The third-order valence-corrected chi connectivity index (χ3v) is 13.7. The van der Waals surface area contributed by atoms with Crippen molar-refractivity contribution < 1.29 is 46.9 Å². The number of allylic oxidation sites excluding steroid dienone is 2. The number of fused-ring (bicyclic) bond motifs is 9. The number of hydrogen-bond acceptors (Lipinski definition) is 7. The van der Waals surface area contributed by atoms with E-state index in [4.69, 9.17) is 25.5 Å². The molecular weight excluding hydrogens is 819 g/mol. The number of hydrogen-bond donors (Lipinski definition) is 2. The zero-order chi connectivity index (χ0) is 43.8. The van der Waals surface area contributed by atoms with Crippen molar-refractivity contribution in [1.29, 1.82) is 0 Å². The maximum atomic E-state index is 14.7. The number of nitrogens with zero attached hydrogens (tertiary/aromatic N) is 1. The summed E-state index contributed by atoms with van der Waals surface area (Å²) >= 11 is 6.36. The van der Waals surface area contributed by atoms with Crippen molar-refractivity contribution in [1.82, 2.24) is 4.90 Å². The van der Waals surface area contributed by atoms with Gasteiger partial charge in [-0.2, -0.15) is 13.2 Å². The minimum absolute atomic E-state index is 0.00358. The number of rotatable bonds is 8. The number of carbonyl (C=O) groups is 2. The van der Waals surface area contributed by atoms with Gasteiger partial charge in [-0.05, 0) is 141 Å². The molecular formula is C50H51ClF3NO7. The predicted molar refractivity (Wildman–Crippen MR) is 232 cm³/mol. The molecule has 2 heterocycles. The number of halogens is 4. The van der Waals surface area contributed by atoms with Crippen LogP contribution in [0.3, 0.4) is 0 Å².